The van der Waals surface area contributed by atoms with Crippen LogP contribution >= 0.6 is 0 Å². The summed E-state index contributed by atoms with van der Waals surface area (Å²) >= 11 is 0. The highest BCUT2D eigenvalue weighted by molar-refractivity contribution is 5.97. The van der Waals surface area contributed by atoms with Crippen molar-refractivity contribution in [1.82, 2.24) is 4.90 Å². The molecule has 2 aliphatic heterocycles. The largest absolute Gasteiger partial charge is 0.482 e. The van der Waals surface area contributed by atoms with Gasteiger partial charge >= 0.3 is 0 Å². The molecule has 0 radical (unpaired) electrons. The number of likely N-dealkylation sites (tertiary alicyclic amines) is 1. The fourth-order valence-corrected chi connectivity index (χ4v) is 3.76. The lowest BCUT2D eigenvalue weighted by molar-refractivity contribution is -0.121. The van der Waals surface area contributed by atoms with Gasteiger partial charge in [-0.05, 0) is 37.3 Å². The topological polar surface area (TPSA) is 32.8 Å². The molecule has 0 N–H and O–H groups in total. The Hall–Kier alpha value is -1.88. The molecule has 1 fully saturated rings. The fraction of sp³-hybridized carbons (Fsp3) is 0.571. The molecule has 0 bridgehead atoms. The van der Waals surface area contributed by atoms with Crippen molar-refractivity contribution in [1.29, 1.82) is 0 Å². The Morgan fingerprint density at radius 1 is 1.27 bits per heavy atom. The van der Waals surface area contributed by atoms with Gasteiger partial charge in [-0.1, -0.05) is 31.9 Å². The minimum Gasteiger partial charge on any atom is -0.482 e. The Kier molecular flexibility index (Phi) is 6.30. The Labute approximate surface area is 155 Å². The molecule has 142 valence electrons. The van der Waals surface area contributed by atoms with Crippen LogP contribution in [0, 0.1) is 11.7 Å². The maximum atomic E-state index is 13.6. The number of carbonyl (C=O) groups excluding carboxylic acids is 1. The van der Waals surface area contributed by atoms with Crippen molar-refractivity contribution < 1.29 is 13.9 Å². The molecule has 0 aromatic heterocycles. The zero-order valence-corrected chi connectivity index (χ0v) is 15.8. The van der Waals surface area contributed by atoms with Gasteiger partial charge in [0, 0.05) is 32.2 Å². The average Bonchev–Trinajstić information content (AvgIpc) is 2.63. The Bertz CT molecular complexity index is 664. The van der Waals surface area contributed by atoms with Gasteiger partial charge in [-0.25, -0.2) is 4.39 Å². The highest BCUT2D eigenvalue weighted by Gasteiger charge is 2.28. The number of anilines is 1. The third-order valence-electron chi connectivity index (χ3n) is 5.15. The van der Waals surface area contributed by atoms with E-state index in [1.807, 2.05) is 0 Å². The number of halogens is 1. The van der Waals surface area contributed by atoms with E-state index >= 15 is 0 Å². The second kappa shape index (κ2) is 8.67. The van der Waals surface area contributed by atoms with Crippen molar-refractivity contribution >= 4 is 11.6 Å². The van der Waals surface area contributed by atoms with Gasteiger partial charge in [-0.15, -0.1) is 0 Å². The van der Waals surface area contributed by atoms with Crippen LogP contribution in [0.15, 0.2) is 29.8 Å². The van der Waals surface area contributed by atoms with E-state index in [0.717, 1.165) is 32.5 Å². The van der Waals surface area contributed by atoms with Crippen LogP contribution < -0.4 is 9.64 Å². The van der Waals surface area contributed by atoms with Gasteiger partial charge in [0.2, 0.25) is 0 Å². The number of carbonyl (C=O) groups is 1. The summed E-state index contributed by atoms with van der Waals surface area (Å²) in [7, 11) is 0. The zero-order valence-electron chi connectivity index (χ0n) is 15.8. The first-order valence-electron chi connectivity index (χ1n) is 9.69. The molecule has 2 heterocycles. The molecular formula is C21H29FN2O2. The van der Waals surface area contributed by atoms with Crippen LogP contribution in [0.4, 0.5) is 10.1 Å². The van der Waals surface area contributed by atoms with E-state index in [1.165, 1.54) is 25.0 Å². The summed E-state index contributed by atoms with van der Waals surface area (Å²) in [6, 6.07) is 4.36. The van der Waals surface area contributed by atoms with Crippen LogP contribution in [0.25, 0.3) is 0 Å². The number of ether oxygens (including phenoxy) is 1. The van der Waals surface area contributed by atoms with Crippen molar-refractivity contribution in [2.24, 2.45) is 5.92 Å². The van der Waals surface area contributed by atoms with E-state index in [0.29, 0.717) is 23.9 Å². The van der Waals surface area contributed by atoms with E-state index in [1.54, 1.807) is 16.5 Å². The molecule has 1 unspecified atom stereocenters. The SMILES string of the molecule is CCCC=C1CCN(CC(C)CN2C(=O)COc3ccc(F)cc32)CC1. The number of hydrogen-bond donors (Lipinski definition) is 0. The molecule has 1 saturated heterocycles. The quantitative estimate of drug-likeness (QED) is 0.719. The maximum Gasteiger partial charge on any atom is 0.265 e. The highest BCUT2D eigenvalue weighted by atomic mass is 19.1. The number of rotatable bonds is 6. The summed E-state index contributed by atoms with van der Waals surface area (Å²) in [6.45, 7) is 8.12. The zero-order chi connectivity index (χ0) is 18.5. The fourth-order valence-electron chi connectivity index (χ4n) is 3.76. The molecule has 1 atom stereocenters. The number of unbranched alkanes of at least 4 members (excludes halogenated alkanes) is 1. The minimum atomic E-state index is -0.345. The van der Waals surface area contributed by atoms with Gasteiger partial charge in [-0.3, -0.25) is 4.79 Å². The van der Waals surface area contributed by atoms with Gasteiger partial charge in [0.1, 0.15) is 11.6 Å². The number of fused-ring (bicyclic) bond motifs is 1. The predicted molar refractivity (Wildman–Crippen MR) is 102 cm³/mol. The molecule has 1 amide bonds. The number of nitrogens with zero attached hydrogens (tertiary/aromatic N) is 2. The van der Waals surface area contributed by atoms with Crippen molar-refractivity contribution in [2.75, 3.05) is 37.7 Å². The first-order valence-corrected chi connectivity index (χ1v) is 9.69. The van der Waals surface area contributed by atoms with Crippen LogP contribution in [0.2, 0.25) is 0 Å². The van der Waals surface area contributed by atoms with Crippen molar-refractivity contribution in [3.63, 3.8) is 0 Å². The molecule has 2 aliphatic rings. The summed E-state index contributed by atoms with van der Waals surface area (Å²) in [4.78, 5) is 16.5. The van der Waals surface area contributed by atoms with Gasteiger partial charge in [0.15, 0.2) is 6.61 Å². The van der Waals surface area contributed by atoms with E-state index in [4.69, 9.17) is 4.74 Å². The molecule has 5 heteroatoms. The molecule has 0 saturated carbocycles. The van der Waals surface area contributed by atoms with Crippen molar-refractivity contribution in [3.05, 3.63) is 35.7 Å². The summed E-state index contributed by atoms with van der Waals surface area (Å²) < 4.78 is 19.0. The summed E-state index contributed by atoms with van der Waals surface area (Å²) in [6.07, 6.45) is 7.09. The molecule has 1 aromatic carbocycles. The predicted octanol–water partition coefficient (Wildman–Crippen LogP) is 4.01. The second-order valence-corrected chi connectivity index (χ2v) is 7.46. The van der Waals surface area contributed by atoms with E-state index in [2.05, 4.69) is 24.8 Å². The monoisotopic (exact) mass is 360 g/mol. The van der Waals surface area contributed by atoms with Gasteiger partial charge in [-0.2, -0.15) is 0 Å². The third-order valence-corrected chi connectivity index (χ3v) is 5.15. The van der Waals surface area contributed by atoms with Crippen LogP contribution in [-0.2, 0) is 4.79 Å². The Morgan fingerprint density at radius 3 is 2.77 bits per heavy atom. The third kappa shape index (κ3) is 4.64. The maximum absolute atomic E-state index is 13.6. The summed E-state index contributed by atoms with van der Waals surface area (Å²) in [5.41, 5.74) is 2.14. The molecule has 0 aliphatic carbocycles. The first kappa shape index (κ1) is 18.9. The molecule has 3 rings (SSSR count). The lowest BCUT2D eigenvalue weighted by Gasteiger charge is -2.34. The van der Waals surface area contributed by atoms with Gasteiger partial charge in [0.25, 0.3) is 5.91 Å². The first-order chi connectivity index (χ1) is 12.6. The van der Waals surface area contributed by atoms with E-state index in [-0.39, 0.29) is 18.3 Å². The number of allylic oxidation sites excluding steroid dienone is 1. The lowest BCUT2D eigenvalue weighted by Crippen LogP contribution is -2.44. The van der Waals surface area contributed by atoms with E-state index < -0.39 is 0 Å². The van der Waals surface area contributed by atoms with Crippen molar-refractivity contribution in [3.8, 4) is 5.75 Å². The molecule has 4 nitrogen and oxygen atoms in total. The second-order valence-electron chi connectivity index (χ2n) is 7.46. The smallest absolute Gasteiger partial charge is 0.265 e. The average molecular weight is 360 g/mol. The van der Waals surface area contributed by atoms with Crippen LogP contribution in [0.5, 0.6) is 5.75 Å². The Morgan fingerprint density at radius 2 is 2.04 bits per heavy atom. The summed E-state index contributed by atoms with van der Waals surface area (Å²) in [5.74, 6) is 0.455. The molecular weight excluding hydrogens is 331 g/mol. The van der Waals surface area contributed by atoms with Crippen molar-refractivity contribution in [2.45, 2.75) is 39.5 Å². The van der Waals surface area contributed by atoms with Gasteiger partial charge < -0.3 is 14.5 Å². The molecule has 26 heavy (non-hydrogen) atoms. The Balaban J connectivity index is 1.56. The minimum absolute atomic E-state index is 0.0284. The van der Waals surface area contributed by atoms with Crippen LogP contribution in [0.1, 0.15) is 39.5 Å². The normalized spacial score (nSPS) is 19.1. The van der Waals surface area contributed by atoms with E-state index in [9.17, 15) is 9.18 Å². The van der Waals surface area contributed by atoms with Crippen LogP contribution in [-0.4, -0.2) is 43.6 Å². The van der Waals surface area contributed by atoms with Crippen LogP contribution in [0.3, 0.4) is 0 Å². The summed E-state index contributed by atoms with van der Waals surface area (Å²) in [5, 5.41) is 0. The number of piperidine rings is 1. The van der Waals surface area contributed by atoms with Gasteiger partial charge in [0.05, 0.1) is 5.69 Å². The number of benzene rings is 1. The highest BCUT2D eigenvalue weighted by Crippen LogP contribution is 2.33. The standard InChI is InChI=1S/C21H29FN2O2/c1-3-4-5-17-8-10-23(11-9-17)13-16(2)14-24-19-12-18(22)6-7-20(19)26-15-21(24)25/h5-7,12,16H,3-4,8-11,13-15H2,1-2H3. The molecule has 0 spiro atoms. The lowest BCUT2D eigenvalue weighted by atomic mass is 10.0. The number of amides is 1. The molecule has 1 aromatic rings. The number of hydrogen-bond acceptors (Lipinski definition) is 3.